The van der Waals surface area contributed by atoms with Crippen LogP contribution in [0.1, 0.15) is 10.4 Å². The summed E-state index contributed by atoms with van der Waals surface area (Å²) < 4.78 is 0. The number of carbonyl (C=O) groups is 1. The molecule has 0 aliphatic heterocycles. The number of nitrogens with zero attached hydrogens (tertiary/aromatic N) is 2. The SMILES string of the molecule is Nc1ncc2cc(-c3cccc(NC(=O)c4cccc(Cl)c4Cl)c3)ccc2n1. The second kappa shape index (κ2) is 7.46. The Bertz CT molecular complexity index is 1210. The Kier molecular flexibility index (Phi) is 4.86. The fourth-order valence-corrected chi connectivity index (χ4v) is 3.27. The van der Waals surface area contributed by atoms with Gasteiger partial charge in [-0.3, -0.25) is 4.79 Å². The average molecular weight is 409 g/mol. The summed E-state index contributed by atoms with van der Waals surface area (Å²) in [5, 5.41) is 4.30. The van der Waals surface area contributed by atoms with Crippen molar-refractivity contribution in [1.29, 1.82) is 0 Å². The standard InChI is InChI=1S/C21H14Cl2N4O/c22-17-6-2-5-16(19(17)23)20(28)26-15-4-1-3-12(10-15)13-7-8-18-14(9-13)11-25-21(24)27-18/h1-11H,(H,26,28)(H2,24,25,27). The van der Waals surface area contributed by atoms with E-state index in [0.29, 0.717) is 16.3 Å². The molecule has 0 unspecified atom stereocenters. The van der Waals surface area contributed by atoms with E-state index in [2.05, 4.69) is 15.3 Å². The Morgan fingerprint density at radius 2 is 1.75 bits per heavy atom. The number of amides is 1. The van der Waals surface area contributed by atoms with E-state index in [9.17, 15) is 4.79 Å². The zero-order chi connectivity index (χ0) is 19.7. The second-order valence-electron chi connectivity index (χ2n) is 6.14. The molecular formula is C21H14Cl2N4O. The molecule has 5 nitrogen and oxygen atoms in total. The summed E-state index contributed by atoms with van der Waals surface area (Å²) in [5.41, 5.74) is 9.28. The number of carbonyl (C=O) groups excluding carboxylic acids is 1. The summed E-state index contributed by atoms with van der Waals surface area (Å²) in [6.45, 7) is 0. The van der Waals surface area contributed by atoms with Crippen molar-refractivity contribution in [2.24, 2.45) is 0 Å². The summed E-state index contributed by atoms with van der Waals surface area (Å²) in [6, 6.07) is 18.3. The first kappa shape index (κ1) is 18.2. The molecule has 4 aromatic rings. The quantitative estimate of drug-likeness (QED) is 0.472. The number of nitrogens with one attached hydrogen (secondary N) is 1. The summed E-state index contributed by atoms with van der Waals surface area (Å²) in [4.78, 5) is 20.8. The van der Waals surface area contributed by atoms with Crippen LogP contribution in [0.5, 0.6) is 0 Å². The van der Waals surface area contributed by atoms with Crippen LogP contribution in [-0.4, -0.2) is 15.9 Å². The Hall–Kier alpha value is -3.15. The number of benzene rings is 3. The first-order valence-electron chi connectivity index (χ1n) is 8.39. The van der Waals surface area contributed by atoms with E-state index >= 15 is 0 Å². The van der Waals surface area contributed by atoms with Crippen LogP contribution in [0.2, 0.25) is 10.0 Å². The molecule has 3 aromatic carbocycles. The Balaban J connectivity index is 1.63. The van der Waals surface area contributed by atoms with Gasteiger partial charge in [-0.2, -0.15) is 0 Å². The second-order valence-corrected chi connectivity index (χ2v) is 6.92. The Morgan fingerprint density at radius 3 is 2.61 bits per heavy atom. The van der Waals surface area contributed by atoms with Gasteiger partial charge in [-0.1, -0.05) is 47.5 Å². The molecule has 7 heteroatoms. The molecule has 1 amide bonds. The number of fused-ring (bicyclic) bond motifs is 1. The first-order chi connectivity index (χ1) is 13.5. The van der Waals surface area contributed by atoms with Crippen molar-refractivity contribution in [3.8, 4) is 11.1 Å². The molecule has 3 N–H and O–H groups in total. The maximum atomic E-state index is 12.6. The molecule has 0 bridgehead atoms. The van der Waals surface area contributed by atoms with Crippen LogP contribution in [-0.2, 0) is 0 Å². The van der Waals surface area contributed by atoms with Crippen molar-refractivity contribution in [1.82, 2.24) is 9.97 Å². The van der Waals surface area contributed by atoms with E-state index in [-0.39, 0.29) is 16.9 Å². The zero-order valence-corrected chi connectivity index (χ0v) is 16.0. The van der Waals surface area contributed by atoms with Gasteiger partial charge in [-0.15, -0.1) is 0 Å². The highest BCUT2D eigenvalue weighted by molar-refractivity contribution is 6.44. The van der Waals surface area contributed by atoms with Gasteiger partial charge in [0.2, 0.25) is 5.95 Å². The largest absolute Gasteiger partial charge is 0.368 e. The highest BCUT2D eigenvalue weighted by Gasteiger charge is 2.13. The predicted octanol–water partition coefficient (Wildman–Crippen LogP) is 5.44. The van der Waals surface area contributed by atoms with Gasteiger partial charge in [0.1, 0.15) is 0 Å². The van der Waals surface area contributed by atoms with Crippen molar-refractivity contribution in [3.05, 3.63) is 82.5 Å². The number of hydrogen-bond acceptors (Lipinski definition) is 4. The van der Waals surface area contributed by atoms with Gasteiger partial charge in [0.05, 0.1) is 21.1 Å². The normalized spacial score (nSPS) is 10.8. The number of rotatable bonds is 3. The maximum Gasteiger partial charge on any atom is 0.257 e. The smallest absolute Gasteiger partial charge is 0.257 e. The van der Waals surface area contributed by atoms with E-state index in [4.69, 9.17) is 28.9 Å². The monoisotopic (exact) mass is 408 g/mol. The fourth-order valence-electron chi connectivity index (χ4n) is 2.88. The molecule has 4 rings (SSSR count). The average Bonchev–Trinajstić information content (AvgIpc) is 2.69. The van der Waals surface area contributed by atoms with E-state index in [1.165, 1.54) is 0 Å². The van der Waals surface area contributed by atoms with Gasteiger partial charge in [0, 0.05) is 17.3 Å². The van der Waals surface area contributed by atoms with Gasteiger partial charge < -0.3 is 11.1 Å². The van der Waals surface area contributed by atoms with Crippen LogP contribution in [0.3, 0.4) is 0 Å². The zero-order valence-electron chi connectivity index (χ0n) is 14.5. The number of nitrogen functional groups attached to an aromatic ring is 1. The number of nitrogens with two attached hydrogens (primary N) is 1. The molecule has 0 fully saturated rings. The number of hydrogen-bond donors (Lipinski definition) is 2. The van der Waals surface area contributed by atoms with Crippen LogP contribution < -0.4 is 11.1 Å². The third-order valence-electron chi connectivity index (χ3n) is 4.25. The van der Waals surface area contributed by atoms with Crippen molar-refractivity contribution >= 4 is 51.6 Å². The van der Waals surface area contributed by atoms with Crippen LogP contribution in [0.4, 0.5) is 11.6 Å². The van der Waals surface area contributed by atoms with E-state index < -0.39 is 0 Å². The molecule has 0 radical (unpaired) electrons. The summed E-state index contributed by atoms with van der Waals surface area (Å²) in [6.07, 6.45) is 1.69. The predicted molar refractivity (Wildman–Crippen MR) is 114 cm³/mol. The van der Waals surface area contributed by atoms with E-state index in [1.54, 1.807) is 24.4 Å². The van der Waals surface area contributed by atoms with Crippen molar-refractivity contribution in [3.63, 3.8) is 0 Å². The lowest BCUT2D eigenvalue weighted by Gasteiger charge is -2.10. The molecule has 138 valence electrons. The van der Waals surface area contributed by atoms with Gasteiger partial charge in [-0.05, 0) is 47.5 Å². The Labute approximate surface area is 171 Å². The third kappa shape index (κ3) is 3.63. The summed E-state index contributed by atoms with van der Waals surface area (Å²) in [7, 11) is 0. The maximum absolute atomic E-state index is 12.6. The lowest BCUT2D eigenvalue weighted by atomic mass is 10.0. The molecule has 0 aliphatic rings. The van der Waals surface area contributed by atoms with Crippen molar-refractivity contribution < 1.29 is 4.79 Å². The van der Waals surface area contributed by atoms with Crippen molar-refractivity contribution in [2.75, 3.05) is 11.1 Å². The topological polar surface area (TPSA) is 80.9 Å². The molecule has 1 aromatic heterocycles. The number of aromatic nitrogens is 2. The third-order valence-corrected chi connectivity index (χ3v) is 5.07. The highest BCUT2D eigenvalue weighted by Crippen LogP contribution is 2.28. The van der Waals surface area contributed by atoms with Crippen LogP contribution in [0.15, 0.2) is 66.9 Å². The lowest BCUT2D eigenvalue weighted by molar-refractivity contribution is 0.102. The molecule has 0 saturated heterocycles. The van der Waals surface area contributed by atoms with E-state index in [0.717, 1.165) is 22.0 Å². The van der Waals surface area contributed by atoms with Gasteiger partial charge in [0.15, 0.2) is 0 Å². The summed E-state index contributed by atoms with van der Waals surface area (Å²) >= 11 is 12.1. The molecule has 0 atom stereocenters. The van der Waals surface area contributed by atoms with Gasteiger partial charge in [0.25, 0.3) is 5.91 Å². The minimum Gasteiger partial charge on any atom is -0.368 e. The van der Waals surface area contributed by atoms with Crippen LogP contribution in [0, 0.1) is 0 Å². The first-order valence-corrected chi connectivity index (χ1v) is 9.15. The van der Waals surface area contributed by atoms with Crippen LogP contribution >= 0.6 is 23.2 Å². The molecular weight excluding hydrogens is 395 g/mol. The van der Waals surface area contributed by atoms with Gasteiger partial charge >= 0.3 is 0 Å². The molecule has 0 saturated carbocycles. The Morgan fingerprint density at radius 1 is 0.964 bits per heavy atom. The minimum atomic E-state index is -0.327. The highest BCUT2D eigenvalue weighted by atomic mass is 35.5. The molecule has 0 aliphatic carbocycles. The fraction of sp³-hybridized carbons (Fsp3) is 0. The number of anilines is 2. The summed E-state index contributed by atoms with van der Waals surface area (Å²) in [5.74, 6) is -0.0864. The lowest BCUT2D eigenvalue weighted by Crippen LogP contribution is -2.12. The van der Waals surface area contributed by atoms with Gasteiger partial charge in [-0.25, -0.2) is 9.97 Å². The minimum absolute atomic E-state index is 0.228. The molecule has 0 spiro atoms. The molecule has 28 heavy (non-hydrogen) atoms. The number of halogens is 2. The van der Waals surface area contributed by atoms with Crippen LogP contribution in [0.25, 0.3) is 22.0 Å². The molecule has 1 heterocycles. The van der Waals surface area contributed by atoms with E-state index in [1.807, 2.05) is 42.5 Å². The van der Waals surface area contributed by atoms with Crippen molar-refractivity contribution in [2.45, 2.75) is 0 Å².